The van der Waals surface area contributed by atoms with Crippen molar-refractivity contribution < 1.29 is 14.3 Å². The van der Waals surface area contributed by atoms with Crippen LogP contribution >= 0.6 is 11.3 Å². The Kier molecular flexibility index (Phi) is 6.17. The van der Waals surface area contributed by atoms with E-state index < -0.39 is 5.97 Å². The lowest BCUT2D eigenvalue weighted by atomic mass is 9.86. The third-order valence-corrected chi connectivity index (χ3v) is 4.77. The lowest BCUT2D eigenvalue weighted by molar-refractivity contribution is -0.116. The summed E-state index contributed by atoms with van der Waals surface area (Å²) >= 11 is 1.14. The molecule has 1 heterocycles. The molecule has 5 nitrogen and oxygen atoms in total. The number of hydrogen-bond donors (Lipinski definition) is 1. The van der Waals surface area contributed by atoms with Crippen molar-refractivity contribution in [1.29, 1.82) is 0 Å². The zero-order valence-electron chi connectivity index (χ0n) is 12.4. The smallest absolute Gasteiger partial charge is 0.349 e. The first-order chi connectivity index (χ1) is 10.2. The summed E-state index contributed by atoms with van der Waals surface area (Å²) < 4.78 is 4.61. The number of carbonyl (C=O) groups excluding carboxylic acids is 2. The van der Waals surface area contributed by atoms with Crippen molar-refractivity contribution in [3.8, 4) is 0 Å². The van der Waals surface area contributed by atoms with E-state index >= 15 is 0 Å². The number of nitrogens with one attached hydrogen (secondary N) is 1. The van der Waals surface area contributed by atoms with Crippen LogP contribution in [0.3, 0.4) is 0 Å². The highest BCUT2D eigenvalue weighted by Gasteiger charge is 2.15. The summed E-state index contributed by atoms with van der Waals surface area (Å²) in [6.45, 7) is 0. The molecule has 1 N–H and O–H groups in total. The molecule has 0 aromatic carbocycles. The molecule has 1 aliphatic carbocycles. The van der Waals surface area contributed by atoms with Gasteiger partial charge in [-0.2, -0.15) is 0 Å². The van der Waals surface area contributed by atoms with E-state index in [1.54, 1.807) is 0 Å². The number of carbonyl (C=O) groups is 2. The van der Waals surface area contributed by atoms with Crippen LogP contribution in [-0.2, 0) is 9.53 Å². The van der Waals surface area contributed by atoms with Crippen LogP contribution in [0.2, 0.25) is 0 Å². The SMILES string of the molecule is COC(=O)c1cnc(NC(=O)CCCC2CCCCC2)s1. The number of aromatic nitrogens is 1. The van der Waals surface area contributed by atoms with E-state index in [2.05, 4.69) is 15.0 Å². The first kappa shape index (κ1) is 15.9. The average molecular weight is 310 g/mol. The van der Waals surface area contributed by atoms with E-state index in [0.29, 0.717) is 16.4 Å². The van der Waals surface area contributed by atoms with Crippen molar-refractivity contribution >= 4 is 28.3 Å². The highest BCUT2D eigenvalue weighted by Crippen LogP contribution is 2.27. The lowest BCUT2D eigenvalue weighted by Crippen LogP contribution is -2.12. The van der Waals surface area contributed by atoms with Crippen molar-refractivity contribution in [3.05, 3.63) is 11.1 Å². The van der Waals surface area contributed by atoms with Crippen LogP contribution < -0.4 is 5.32 Å². The number of nitrogens with zero attached hydrogens (tertiary/aromatic N) is 1. The molecule has 21 heavy (non-hydrogen) atoms. The molecule has 6 heteroatoms. The van der Waals surface area contributed by atoms with Gasteiger partial charge in [0.1, 0.15) is 4.88 Å². The first-order valence-corrected chi connectivity index (χ1v) is 8.34. The van der Waals surface area contributed by atoms with Gasteiger partial charge in [0.05, 0.1) is 13.3 Å². The first-order valence-electron chi connectivity index (χ1n) is 7.53. The molecule has 0 spiro atoms. The Labute approximate surface area is 129 Å². The van der Waals surface area contributed by atoms with Crippen molar-refractivity contribution in [2.75, 3.05) is 12.4 Å². The predicted octanol–water partition coefficient (Wildman–Crippen LogP) is 3.62. The number of hydrogen-bond acceptors (Lipinski definition) is 5. The van der Waals surface area contributed by atoms with E-state index in [0.717, 1.165) is 30.1 Å². The van der Waals surface area contributed by atoms with Crippen molar-refractivity contribution in [3.63, 3.8) is 0 Å². The molecule has 1 saturated carbocycles. The number of anilines is 1. The van der Waals surface area contributed by atoms with E-state index in [9.17, 15) is 9.59 Å². The van der Waals surface area contributed by atoms with Gasteiger partial charge >= 0.3 is 5.97 Å². The van der Waals surface area contributed by atoms with Gasteiger partial charge in [0, 0.05) is 6.42 Å². The van der Waals surface area contributed by atoms with E-state index in [-0.39, 0.29) is 5.91 Å². The molecule has 0 unspecified atom stereocenters. The molecular weight excluding hydrogens is 288 g/mol. The standard InChI is InChI=1S/C15H22N2O3S/c1-20-14(19)12-10-16-15(21-12)17-13(18)9-5-8-11-6-3-2-4-7-11/h10-11H,2-9H2,1H3,(H,16,17,18). The van der Waals surface area contributed by atoms with Gasteiger partial charge in [0.15, 0.2) is 5.13 Å². The molecular formula is C15H22N2O3S. The minimum atomic E-state index is -0.426. The molecule has 1 fully saturated rings. The second-order valence-electron chi connectivity index (χ2n) is 5.47. The lowest BCUT2D eigenvalue weighted by Gasteiger charge is -2.20. The van der Waals surface area contributed by atoms with Crippen LogP contribution in [0, 0.1) is 5.92 Å². The number of rotatable bonds is 6. The minimum absolute atomic E-state index is 0.0309. The maximum Gasteiger partial charge on any atom is 0.349 e. The van der Waals surface area contributed by atoms with E-state index in [4.69, 9.17) is 0 Å². The van der Waals surface area contributed by atoms with Gasteiger partial charge in [-0.1, -0.05) is 43.4 Å². The third kappa shape index (κ3) is 5.12. The molecule has 0 saturated heterocycles. The van der Waals surface area contributed by atoms with Gasteiger partial charge in [-0.3, -0.25) is 4.79 Å². The Balaban J connectivity index is 1.69. The van der Waals surface area contributed by atoms with E-state index in [1.165, 1.54) is 45.4 Å². The zero-order valence-corrected chi connectivity index (χ0v) is 13.2. The predicted molar refractivity (Wildman–Crippen MR) is 82.5 cm³/mol. The maximum atomic E-state index is 11.8. The second-order valence-corrected chi connectivity index (χ2v) is 6.50. The van der Waals surface area contributed by atoms with Crippen LogP contribution in [0.25, 0.3) is 0 Å². The molecule has 0 atom stereocenters. The summed E-state index contributed by atoms with van der Waals surface area (Å²) in [5.74, 6) is 0.346. The quantitative estimate of drug-likeness (QED) is 0.815. The average Bonchev–Trinajstić information content (AvgIpc) is 2.96. The summed E-state index contributed by atoms with van der Waals surface area (Å²) in [6, 6.07) is 0. The monoisotopic (exact) mass is 310 g/mol. The molecule has 0 bridgehead atoms. The molecule has 1 aliphatic rings. The topological polar surface area (TPSA) is 68.3 Å². The zero-order chi connectivity index (χ0) is 15.1. The van der Waals surface area contributed by atoms with Crippen molar-refractivity contribution in [2.45, 2.75) is 51.4 Å². The molecule has 1 aromatic rings. The Hall–Kier alpha value is -1.43. The molecule has 1 aromatic heterocycles. The maximum absolute atomic E-state index is 11.8. The second kappa shape index (κ2) is 8.12. The van der Waals surface area contributed by atoms with E-state index in [1.807, 2.05) is 0 Å². The molecule has 0 radical (unpaired) electrons. The van der Waals surface area contributed by atoms with Crippen LogP contribution in [0.4, 0.5) is 5.13 Å². The molecule has 0 aliphatic heterocycles. The van der Waals surface area contributed by atoms with Gasteiger partial charge in [-0.25, -0.2) is 9.78 Å². The highest BCUT2D eigenvalue weighted by molar-refractivity contribution is 7.17. The van der Waals surface area contributed by atoms with Gasteiger partial charge in [0.25, 0.3) is 0 Å². The summed E-state index contributed by atoms with van der Waals surface area (Å²) in [5, 5.41) is 3.20. The Morgan fingerprint density at radius 1 is 1.38 bits per heavy atom. The van der Waals surface area contributed by atoms with Crippen LogP contribution in [0.5, 0.6) is 0 Å². The fourth-order valence-corrected chi connectivity index (χ4v) is 3.49. The fraction of sp³-hybridized carbons (Fsp3) is 0.667. The van der Waals surface area contributed by atoms with Crippen LogP contribution in [0.1, 0.15) is 61.0 Å². The number of ether oxygens (including phenoxy) is 1. The molecule has 2 rings (SSSR count). The van der Waals surface area contributed by atoms with Gasteiger partial charge in [-0.05, 0) is 18.8 Å². The van der Waals surface area contributed by atoms with Crippen molar-refractivity contribution in [2.24, 2.45) is 5.92 Å². The molecule has 116 valence electrons. The summed E-state index contributed by atoms with van der Waals surface area (Å²) in [7, 11) is 1.32. The normalized spacial score (nSPS) is 15.7. The number of thiazole rings is 1. The fourth-order valence-electron chi connectivity index (χ4n) is 2.74. The van der Waals surface area contributed by atoms with Gasteiger partial charge < -0.3 is 10.1 Å². The summed E-state index contributed by atoms with van der Waals surface area (Å²) in [6.07, 6.45) is 10.7. The molecule has 1 amide bonds. The Morgan fingerprint density at radius 3 is 2.86 bits per heavy atom. The third-order valence-electron chi connectivity index (χ3n) is 3.88. The number of esters is 1. The van der Waals surface area contributed by atoms with Crippen LogP contribution in [0.15, 0.2) is 6.20 Å². The van der Waals surface area contributed by atoms with Gasteiger partial charge in [0.2, 0.25) is 5.91 Å². The Bertz CT molecular complexity index is 481. The van der Waals surface area contributed by atoms with Crippen molar-refractivity contribution in [1.82, 2.24) is 4.98 Å². The number of amides is 1. The van der Waals surface area contributed by atoms with Gasteiger partial charge in [-0.15, -0.1) is 0 Å². The minimum Gasteiger partial charge on any atom is -0.465 e. The number of methoxy groups -OCH3 is 1. The summed E-state index contributed by atoms with van der Waals surface area (Å²) in [5.41, 5.74) is 0. The Morgan fingerprint density at radius 2 is 2.14 bits per heavy atom. The van der Waals surface area contributed by atoms with Crippen LogP contribution in [-0.4, -0.2) is 24.0 Å². The largest absolute Gasteiger partial charge is 0.465 e. The highest BCUT2D eigenvalue weighted by atomic mass is 32.1. The summed E-state index contributed by atoms with van der Waals surface area (Å²) in [4.78, 5) is 27.5.